The molecule has 0 aromatic carbocycles. The molecule has 0 amide bonds. The molecule has 6 heteroatoms. The molecule has 1 heterocycles. The van der Waals surface area contributed by atoms with Crippen LogP contribution in [0.1, 0.15) is 6.42 Å². The minimum atomic E-state index is -4.51. The number of rotatable bonds is 4. The maximum Gasteiger partial charge on any atom is 0.522 e. The molecule has 1 atom stereocenters. The van der Waals surface area contributed by atoms with Gasteiger partial charge in [-0.15, -0.1) is 13.2 Å². The molecular weight excluding hydrogens is 197 g/mol. The van der Waals surface area contributed by atoms with E-state index in [1.54, 1.807) is 0 Å². The van der Waals surface area contributed by atoms with Gasteiger partial charge in [-0.05, 0) is 25.4 Å². The molecule has 0 spiro atoms. The van der Waals surface area contributed by atoms with Crippen molar-refractivity contribution in [1.82, 2.24) is 4.90 Å². The van der Waals surface area contributed by atoms with E-state index in [-0.39, 0.29) is 6.61 Å². The van der Waals surface area contributed by atoms with Crippen molar-refractivity contribution in [2.24, 2.45) is 11.7 Å². The van der Waals surface area contributed by atoms with E-state index in [2.05, 4.69) is 4.74 Å². The number of nitrogens with zero attached hydrogens (tertiary/aromatic N) is 1. The molecule has 1 rings (SSSR count). The Kier molecular flexibility index (Phi) is 4.15. The van der Waals surface area contributed by atoms with Crippen LogP contribution in [0, 0.1) is 5.92 Å². The average molecular weight is 212 g/mol. The van der Waals surface area contributed by atoms with Crippen molar-refractivity contribution < 1.29 is 17.9 Å². The zero-order valence-corrected chi connectivity index (χ0v) is 7.89. The molecule has 84 valence electrons. The third-order valence-corrected chi connectivity index (χ3v) is 2.38. The summed E-state index contributed by atoms with van der Waals surface area (Å²) < 4.78 is 38.5. The Hall–Kier alpha value is -0.330. The topological polar surface area (TPSA) is 38.5 Å². The molecule has 1 unspecified atom stereocenters. The molecule has 1 fully saturated rings. The second kappa shape index (κ2) is 4.95. The van der Waals surface area contributed by atoms with E-state index in [1.807, 2.05) is 4.90 Å². The average Bonchev–Trinajstić information content (AvgIpc) is 2.50. The Morgan fingerprint density at radius 2 is 2.14 bits per heavy atom. The van der Waals surface area contributed by atoms with Crippen molar-refractivity contribution in [3.63, 3.8) is 0 Å². The largest absolute Gasteiger partial charge is 0.522 e. The summed E-state index contributed by atoms with van der Waals surface area (Å²) in [5, 5.41) is 0. The maximum atomic E-state index is 11.6. The normalized spacial score (nSPS) is 24.4. The Bertz CT molecular complexity index is 174. The van der Waals surface area contributed by atoms with Gasteiger partial charge in [0.15, 0.2) is 0 Å². The van der Waals surface area contributed by atoms with Crippen LogP contribution in [0.2, 0.25) is 0 Å². The molecule has 0 aromatic heterocycles. The number of halogens is 3. The first-order valence-corrected chi connectivity index (χ1v) is 4.64. The first kappa shape index (κ1) is 11.7. The van der Waals surface area contributed by atoms with Gasteiger partial charge in [-0.3, -0.25) is 4.74 Å². The van der Waals surface area contributed by atoms with Gasteiger partial charge >= 0.3 is 6.36 Å². The van der Waals surface area contributed by atoms with Gasteiger partial charge < -0.3 is 10.6 Å². The number of hydrogen-bond acceptors (Lipinski definition) is 3. The fourth-order valence-electron chi connectivity index (χ4n) is 1.60. The van der Waals surface area contributed by atoms with Gasteiger partial charge in [0.2, 0.25) is 0 Å². The summed E-state index contributed by atoms with van der Waals surface area (Å²) in [7, 11) is 0. The lowest BCUT2D eigenvalue weighted by atomic mass is 10.1. The molecule has 0 aliphatic carbocycles. The molecule has 1 aliphatic heterocycles. The Labute approximate surface area is 81.0 Å². The van der Waals surface area contributed by atoms with Crippen LogP contribution < -0.4 is 5.73 Å². The quantitative estimate of drug-likeness (QED) is 0.749. The summed E-state index contributed by atoms with van der Waals surface area (Å²) in [6.07, 6.45) is -3.53. The predicted molar refractivity (Wildman–Crippen MR) is 45.6 cm³/mol. The van der Waals surface area contributed by atoms with Crippen molar-refractivity contribution in [1.29, 1.82) is 0 Å². The van der Waals surface area contributed by atoms with E-state index in [1.165, 1.54) is 0 Å². The third kappa shape index (κ3) is 4.26. The highest BCUT2D eigenvalue weighted by Gasteiger charge is 2.29. The minimum Gasteiger partial charge on any atom is -0.330 e. The highest BCUT2D eigenvalue weighted by atomic mass is 19.4. The summed E-state index contributed by atoms with van der Waals surface area (Å²) >= 11 is 0. The lowest BCUT2D eigenvalue weighted by molar-refractivity contribution is -0.324. The second-order valence-corrected chi connectivity index (χ2v) is 3.49. The number of likely N-dealkylation sites (tertiary alicyclic amines) is 1. The molecule has 0 radical (unpaired) electrons. The highest BCUT2D eigenvalue weighted by Crippen LogP contribution is 2.17. The molecule has 2 N–H and O–H groups in total. The fourth-order valence-corrected chi connectivity index (χ4v) is 1.60. The van der Waals surface area contributed by atoms with Crippen molar-refractivity contribution in [2.75, 3.05) is 32.8 Å². The number of hydrogen-bond donors (Lipinski definition) is 1. The number of ether oxygens (including phenoxy) is 1. The van der Waals surface area contributed by atoms with Crippen molar-refractivity contribution in [2.45, 2.75) is 12.8 Å². The molecule has 3 nitrogen and oxygen atoms in total. The van der Waals surface area contributed by atoms with E-state index in [9.17, 15) is 13.2 Å². The maximum absolute atomic E-state index is 11.6. The smallest absolute Gasteiger partial charge is 0.330 e. The van der Waals surface area contributed by atoms with Gasteiger partial charge in [0.05, 0.1) is 6.61 Å². The van der Waals surface area contributed by atoms with Crippen LogP contribution in [0.4, 0.5) is 13.2 Å². The molecular formula is C8H15F3N2O. The van der Waals surface area contributed by atoms with E-state index in [0.717, 1.165) is 19.5 Å². The summed E-state index contributed by atoms with van der Waals surface area (Å²) in [5.41, 5.74) is 5.46. The minimum absolute atomic E-state index is 0.291. The van der Waals surface area contributed by atoms with Crippen LogP contribution in [0.3, 0.4) is 0 Å². The van der Waals surface area contributed by atoms with E-state index in [4.69, 9.17) is 5.73 Å². The first-order chi connectivity index (χ1) is 6.51. The predicted octanol–water partition coefficient (Wildman–Crippen LogP) is 0.803. The van der Waals surface area contributed by atoms with Crippen LogP contribution in [0.5, 0.6) is 0 Å². The van der Waals surface area contributed by atoms with Crippen LogP contribution in [0.15, 0.2) is 0 Å². The standard InChI is InChI=1S/C8H15F3N2O/c9-8(10,11)14-4-3-13-2-1-7(5-12)6-13/h7H,1-6,12H2. The van der Waals surface area contributed by atoms with Crippen LogP contribution in [-0.2, 0) is 4.74 Å². The number of alkyl halides is 3. The summed E-state index contributed by atoms with van der Waals surface area (Å²) in [4.78, 5) is 1.95. The van der Waals surface area contributed by atoms with Gasteiger partial charge in [-0.25, -0.2) is 0 Å². The van der Waals surface area contributed by atoms with Crippen molar-refractivity contribution in [3.05, 3.63) is 0 Å². The van der Waals surface area contributed by atoms with Gasteiger partial charge in [-0.2, -0.15) is 0 Å². The second-order valence-electron chi connectivity index (χ2n) is 3.49. The highest BCUT2D eigenvalue weighted by molar-refractivity contribution is 4.75. The Morgan fingerprint density at radius 3 is 2.64 bits per heavy atom. The third-order valence-electron chi connectivity index (χ3n) is 2.38. The molecule has 0 aromatic rings. The number of nitrogens with two attached hydrogens (primary N) is 1. The summed E-state index contributed by atoms with van der Waals surface area (Å²) in [6.45, 7) is 2.26. The van der Waals surface area contributed by atoms with Gasteiger partial charge in [0.25, 0.3) is 0 Å². The SMILES string of the molecule is NCC1CCN(CCOC(F)(F)F)C1. The zero-order chi connectivity index (χ0) is 10.6. The van der Waals surface area contributed by atoms with Gasteiger partial charge in [-0.1, -0.05) is 0 Å². The van der Waals surface area contributed by atoms with Crippen molar-refractivity contribution >= 4 is 0 Å². The molecule has 1 saturated heterocycles. The van der Waals surface area contributed by atoms with E-state index < -0.39 is 6.36 Å². The molecule has 1 aliphatic rings. The molecule has 0 bridgehead atoms. The summed E-state index contributed by atoms with van der Waals surface area (Å²) in [6, 6.07) is 0. The van der Waals surface area contributed by atoms with Crippen molar-refractivity contribution in [3.8, 4) is 0 Å². The zero-order valence-electron chi connectivity index (χ0n) is 7.89. The van der Waals surface area contributed by atoms with Crippen LogP contribution in [0.25, 0.3) is 0 Å². The Morgan fingerprint density at radius 1 is 1.43 bits per heavy atom. The first-order valence-electron chi connectivity index (χ1n) is 4.64. The van der Waals surface area contributed by atoms with Crippen LogP contribution in [-0.4, -0.2) is 44.0 Å². The van der Waals surface area contributed by atoms with E-state index >= 15 is 0 Å². The van der Waals surface area contributed by atoms with E-state index in [0.29, 0.717) is 19.0 Å². The van der Waals surface area contributed by atoms with Gasteiger partial charge in [0.1, 0.15) is 0 Å². The molecule has 14 heavy (non-hydrogen) atoms. The molecule has 0 saturated carbocycles. The lowest BCUT2D eigenvalue weighted by Gasteiger charge is -2.16. The fraction of sp³-hybridized carbons (Fsp3) is 1.00. The Balaban J connectivity index is 2.09. The summed E-state index contributed by atoms with van der Waals surface area (Å²) in [5.74, 6) is 0.431. The lowest BCUT2D eigenvalue weighted by Crippen LogP contribution is -2.28. The monoisotopic (exact) mass is 212 g/mol. The van der Waals surface area contributed by atoms with Crippen LogP contribution >= 0.6 is 0 Å². The van der Waals surface area contributed by atoms with Gasteiger partial charge in [0, 0.05) is 13.1 Å².